The van der Waals surface area contributed by atoms with Crippen LogP contribution in [0.25, 0.3) is 0 Å². The minimum absolute atomic E-state index is 0.129. The van der Waals surface area contributed by atoms with Gasteiger partial charge in [0.1, 0.15) is 0 Å². The van der Waals surface area contributed by atoms with Crippen LogP contribution in [0.3, 0.4) is 0 Å². The largest absolute Gasteiger partial charge is 0.490 e. The summed E-state index contributed by atoms with van der Waals surface area (Å²) in [6, 6.07) is 14.4. The van der Waals surface area contributed by atoms with E-state index in [1.54, 1.807) is 23.7 Å². The molecule has 0 amide bonds. The minimum atomic E-state index is -0.301. The van der Waals surface area contributed by atoms with Gasteiger partial charge in [0.2, 0.25) is 6.23 Å². The molecule has 2 atom stereocenters. The van der Waals surface area contributed by atoms with E-state index in [1.165, 1.54) is 4.88 Å². The Morgan fingerprint density at radius 3 is 2.85 bits per heavy atom. The van der Waals surface area contributed by atoms with Crippen LogP contribution in [0, 0.1) is 0 Å². The zero-order valence-electron chi connectivity index (χ0n) is 14.9. The van der Waals surface area contributed by atoms with E-state index in [2.05, 4.69) is 33.6 Å². The van der Waals surface area contributed by atoms with Gasteiger partial charge in [-0.15, -0.1) is 11.3 Å². The predicted molar refractivity (Wildman–Crippen MR) is 105 cm³/mol. The SMILES string of the molecule is CCOc1cccc2c1O[C@@H](c1ccncc1)N1N=C(c3cccs3)C[C@H]21. The smallest absolute Gasteiger partial charge is 0.214 e. The van der Waals surface area contributed by atoms with Crippen LogP contribution in [-0.2, 0) is 0 Å². The number of pyridine rings is 1. The summed E-state index contributed by atoms with van der Waals surface area (Å²) in [7, 11) is 0. The van der Waals surface area contributed by atoms with Gasteiger partial charge in [0, 0.05) is 29.9 Å². The summed E-state index contributed by atoms with van der Waals surface area (Å²) in [5, 5.41) is 9.14. The van der Waals surface area contributed by atoms with Crippen LogP contribution in [0.1, 0.15) is 41.6 Å². The van der Waals surface area contributed by atoms with E-state index in [9.17, 15) is 0 Å². The van der Waals surface area contributed by atoms with Crippen molar-refractivity contribution >= 4 is 17.0 Å². The summed E-state index contributed by atoms with van der Waals surface area (Å²) < 4.78 is 12.3. The molecule has 0 aliphatic carbocycles. The third-order valence-electron chi connectivity index (χ3n) is 4.88. The second kappa shape index (κ2) is 6.70. The first-order valence-corrected chi connectivity index (χ1v) is 9.95. The second-order valence-electron chi connectivity index (χ2n) is 6.48. The Hall–Kier alpha value is -2.86. The number of aromatic nitrogens is 1. The van der Waals surface area contributed by atoms with Crippen molar-refractivity contribution in [1.29, 1.82) is 0 Å². The average Bonchev–Trinajstić information content (AvgIpc) is 3.38. The molecule has 2 aliphatic heterocycles. The van der Waals surface area contributed by atoms with Crippen LogP contribution in [0.2, 0.25) is 0 Å². The fourth-order valence-electron chi connectivity index (χ4n) is 3.69. The van der Waals surface area contributed by atoms with Crippen LogP contribution < -0.4 is 9.47 Å². The summed E-state index contributed by atoms with van der Waals surface area (Å²) in [5.41, 5.74) is 3.26. The Bertz CT molecular complexity index is 972. The van der Waals surface area contributed by atoms with Crippen molar-refractivity contribution < 1.29 is 9.47 Å². The van der Waals surface area contributed by atoms with Gasteiger partial charge in [-0.25, -0.2) is 5.01 Å². The molecule has 0 radical (unpaired) electrons. The maximum Gasteiger partial charge on any atom is 0.214 e. The third kappa shape index (κ3) is 2.77. The number of hydrogen-bond donors (Lipinski definition) is 0. The molecule has 5 rings (SSSR count). The molecule has 0 spiro atoms. The van der Waals surface area contributed by atoms with Crippen LogP contribution >= 0.6 is 11.3 Å². The molecule has 5 nitrogen and oxygen atoms in total. The number of hydrazone groups is 1. The molecule has 0 saturated carbocycles. The van der Waals surface area contributed by atoms with Crippen LogP contribution in [0.5, 0.6) is 11.5 Å². The molecular formula is C21H19N3O2S. The van der Waals surface area contributed by atoms with Crippen molar-refractivity contribution in [1.82, 2.24) is 9.99 Å². The second-order valence-corrected chi connectivity index (χ2v) is 7.43. The van der Waals surface area contributed by atoms with E-state index in [4.69, 9.17) is 14.6 Å². The first-order chi connectivity index (χ1) is 13.3. The molecule has 0 bridgehead atoms. The molecule has 0 N–H and O–H groups in total. The summed E-state index contributed by atoms with van der Waals surface area (Å²) in [4.78, 5) is 5.35. The highest BCUT2D eigenvalue weighted by Gasteiger charge is 2.42. The van der Waals surface area contributed by atoms with Gasteiger partial charge in [0.05, 0.1) is 23.2 Å². The van der Waals surface area contributed by atoms with E-state index in [1.807, 2.05) is 31.2 Å². The highest BCUT2D eigenvalue weighted by molar-refractivity contribution is 7.12. The maximum atomic E-state index is 6.45. The number of benzene rings is 1. The highest BCUT2D eigenvalue weighted by atomic mass is 32.1. The van der Waals surface area contributed by atoms with Crippen LogP contribution in [0.4, 0.5) is 0 Å². The number of hydrogen-bond acceptors (Lipinski definition) is 6. The zero-order valence-corrected chi connectivity index (χ0v) is 15.7. The number of para-hydroxylation sites is 1. The Balaban J connectivity index is 1.62. The van der Waals surface area contributed by atoms with E-state index in [0.29, 0.717) is 6.61 Å². The molecular weight excluding hydrogens is 358 g/mol. The molecule has 0 fully saturated rings. The molecule has 3 aromatic rings. The van der Waals surface area contributed by atoms with E-state index >= 15 is 0 Å². The molecule has 27 heavy (non-hydrogen) atoms. The quantitative estimate of drug-likeness (QED) is 0.656. The van der Waals surface area contributed by atoms with Crippen molar-refractivity contribution in [3.05, 3.63) is 76.2 Å². The number of fused-ring (bicyclic) bond motifs is 3. The highest BCUT2D eigenvalue weighted by Crippen LogP contribution is 2.50. The van der Waals surface area contributed by atoms with Gasteiger partial charge in [0.15, 0.2) is 11.5 Å². The van der Waals surface area contributed by atoms with E-state index in [-0.39, 0.29) is 12.3 Å². The molecule has 2 aliphatic rings. The van der Waals surface area contributed by atoms with Gasteiger partial charge < -0.3 is 9.47 Å². The zero-order chi connectivity index (χ0) is 18.2. The topological polar surface area (TPSA) is 47.0 Å². The van der Waals surface area contributed by atoms with Gasteiger partial charge in [0.25, 0.3) is 0 Å². The van der Waals surface area contributed by atoms with Gasteiger partial charge >= 0.3 is 0 Å². The fourth-order valence-corrected chi connectivity index (χ4v) is 4.41. The van der Waals surface area contributed by atoms with Gasteiger partial charge in [-0.05, 0) is 36.6 Å². The van der Waals surface area contributed by atoms with E-state index in [0.717, 1.165) is 34.8 Å². The summed E-state index contributed by atoms with van der Waals surface area (Å²) >= 11 is 1.72. The van der Waals surface area contributed by atoms with Gasteiger partial charge in [-0.1, -0.05) is 18.2 Å². The first kappa shape index (κ1) is 16.3. The number of nitrogens with zero attached hydrogens (tertiary/aromatic N) is 3. The van der Waals surface area contributed by atoms with Crippen molar-refractivity contribution in [3.63, 3.8) is 0 Å². The number of rotatable bonds is 4. The Morgan fingerprint density at radius 2 is 2.07 bits per heavy atom. The minimum Gasteiger partial charge on any atom is -0.490 e. The van der Waals surface area contributed by atoms with Crippen molar-refractivity contribution in [2.45, 2.75) is 25.6 Å². The Morgan fingerprint density at radius 1 is 1.19 bits per heavy atom. The standard InChI is InChI=1S/C21H19N3O2S/c1-2-25-18-6-3-5-15-17-13-16(19-7-4-12-27-19)23-24(17)21(26-20(15)18)14-8-10-22-11-9-14/h3-12,17,21H,2,13H2,1H3/t17-,21+/m1/s1. The van der Waals surface area contributed by atoms with Gasteiger partial charge in [-0.2, -0.15) is 5.10 Å². The summed E-state index contributed by atoms with van der Waals surface area (Å²) in [6.45, 7) is 2.59. The number of thiophene rings is 1. The Labute approximate surface area is 161 Å². The van der Waals surface area contributed by atoms with E-state index < -0.39 is 0 Å². The average molecular weight is 377 g/mol. The maximum absolute atomic E-state index is 6.45. The monoisotopic (exact) mass is 377 g/mol. The molecule has 2 aromatic heterocycles. The lowest BCUT2D eigenvalue weighted by Crippen LogP contribution is -2.33. The summed E-state index contributed by atoms with van der Waals surface area (Å²) in [6.07, 6.45) is 4.13. The van der Waals surface area contributed by atoms with Crippen LogP contribution in [0.15, 0.2) is 65.3 Å². The lowest BCUT2D eigenvalue weighted by Gasteiger charge is -2.38. The van der Waals surface area contributed by atoms with Crippen LogP contribution in [-0.4, -0.2) is 22.3 Å². The van der Waals surface area contributed by atoms with Crippen molar-refractivity contribution in [3.8, 4) is 11.5 Å². The lowest BCUT2D eigenvalue weighted by molar-refractivity contribution is -0.0212. The normalized spacial score (nSPS) is 20.5. The lowest BCUT2D eigenvalue weighted by atomic mass is 9.97. The predicted octanol–water partition coefficient (Wildman–Crippen LogP) is 4.78. The first-order valence-electron chi connectivity index (χ1n) is 9.07. The molecule has 0 unspecified atom stereocenters. The molecule has 4 heterocycles. The van der Waals surface area contributed by atoms with Crippen molar-refractivity contribution in [2.75, 3.05) is 6.61 Å². The summed E-state index contributed by atoms with van der Waals surface area (Å²) in [5.74, 6) is 1.61. The van der Waals surface area contributed by atoms with Gasteiger partial charge in [-0.3, -0.25) is 4.98 Å². The third-order valence-corrected chi connectivity index (χ3v) is 5.80. The molecule has 0 saturated heterocycles. The molecule has 1 aromatic carbocycles. The molecule has 6 heteroatoms. The molecule has 136 valence electrons. The Kier molecular flexibility index (Phi) is 4.05. The van der Waals surface area contributed by atoms with Crippen molar-refractivity contribution in [2.24, 2.45) is 5.10 Å². The fraction of sp³-hybridized carbons (Fsp3) is 0.238. The number of ether oxygens (including phenoxy) is 2.